The Kier molecular flexibility index (Phi) is 3.85. The highest BCUT2D eigenvalue weighted by Crippen LogP contribution is 2.20. The number of anilines is 2. The minimum absolute atomic E-state index is 0.631. The molecule has 2 N–H and O–H groups in total. The zero-order chi connectivity index (χ0) is 17.1. The Hall–Kier alpha value is -3.65. The van der Waals surface area contributed by atoms with E-state index in [0.29, 0.717) is 6.42 Å². The fraction of sp³-hybridized carbons (Fsp3) is 0.0500. The Bertz CT molecular complexity index is 1070. The van der Waals surface area contributed by atoms with Gasteiger partial charge in [-0.3, -0.25) is 5.10 Å². The average Bonchev–Trinajstić information content (AvgIpc) is 3.10. The quantitative estimate of drug-likeness (QED) is 0.562. The molecule has 0 radical (unpaired) electrons. The summed E-state index contributed by atoms with van der Waals surface area (Å²) >= 11 is 0. The average molecular weight is 325 g/mol. The molecule has 25 heavy (non-hydrogen) atoms. The van der Waals surface area contributed by atoms with E-state index in [0.717, 1.165) is 39.4 Å². The van der Waals surface area contributed by atoms with Crippen LogP contribution in [0.4, 0.5) is 11.5 Å². The van der Waals surface area contributed by atoms with Crippen LogP contribution < -0.4 is 5.32 Å². The van der Waals surface area contributed by atoms with Crippen LogP contribution in [0.1, 0.15) is 17.0 Å². The normalized spacial score (nSPS) is 10.5. The van der Waals surface area contributed by atoms with Crippen molar-refractivity contribution in [3.05, 3.63) is 77.9 Å². The molecule has 120 valence electrons. The third kappa shape index (κ3) is 3.33. The topological polar surface area (TPSA) is 66.5 Å². The molecule has 0 aliphatic heterocycles. The van der Waals surface area contributed by atoms with Crippen molar-refractivity contribution in [2.24, 2.45) is 0 Å². The predicted molar refractivity (Wildman–Crippen MR) is 98.6 cm³/mol. The minimum Gasteiger partial charge on any atom is -0.340 e. The largest absolute Gasteiger partial charge is 0.340 e. The monoisotopic (exact) mass is 325 g/mol. The lowest BCUT2D eigenvalue weighted by Crippen LogP contribution is -2.00. The number of rotatable bonds is 4. The molecule has 0 unspecified atom stereocenters. The molecule has 5 heteroatoms. The first kappa shape index (κ1) is 14.9. The molecule has 2 aromatic carbocycles. The van der Waals surface area contributed by atoms with Crippen LogP contribution in [-0.4, -0.2) is 20.2 Å². The predicted octanol–water partition coefficient (Wildman–Crippen LogP) is 3.67. The molecule has 0 bridgehead atoms. The van der Waals surface area contributed by atoms with Crippen LogP contribution in [0.2, 0.25) is 0 Å². The SMILES string of the molecule is C#Cc1cccc(Cc2nccc(Nc3ccc4[nH]ncc4c3)n2)c1. The van der Waals surface area contributed by atoms with Gasteiger partial charge >= 0.3 is 0 Å². The summed E-state index contributed by atoms with van der Waals surface area (Å²) in [4.78, 5) is 8.94. The highest BCUT2D eigenvalue weighted by atomic mass is 15.1. The Morgan fingerprint density at radius 3 is 3.00 bits per heavy atom. The van der Waals surface area contributed by atoms with Gasteiger partial charge in [-0.2, -0.15) is 5.10 Å². The van der Waals surface area contributed by atoms with Gasteiger partial charge in [0, 0.05) is 29.3 Å². The van der Waals surface area contributed by atoms with E-state index >= 15 is 0 Å². The number of nitrogens with zero attached hydrogens (tertiary/aromatic N) is 3. The molecule has 0 aliphatic carbocycles. The molecule has 5 nitrogen and oxygen atoms in total. The van der Waals surface area contributed by atoms with Gasteiger partial charge in [0.05, 0.1) is 11.7 Å². The lowest BCUT2D eigenvalue weighted by atomic mass is 10.1. The second-order valence-corrected chi connectivity index (χ2v) is 5.68. The molecule has 4 aromatic rings. The van der Waals surface area contributed by atoms with Crippen molar-refractivity contribution in [3.8, 4) is 12.3 Å². The van der Waals surface area contributed by atoms with Crippen LogP contribution in [0, 0.1) is 12.3 Å². The number of hydrogen-bond acceptors (Lipinski definition) is 4. The van der Waals surface area contributed by atoms with Gasteiger partial charge in [-0.25, -0.2) is 9.97 Å². The Balaban J connectivity index is 1.55. The van der Waals surface area contributed by atoms with Crippen molar-refractivity contribution in [2.45, 2.75) is 6.42 Å². The first-order valence-electron chi connectivity index (χ1n) is 7.88. The van der Waals surface area contributed by atoms with E-state index in [1.54, 1.807) is 12.4 Å². The summed E-state index contributed by atoms with van der Waals surface area (Å²) in [5.74, 6) is 4.14. The smallest absolute Gasteiger partial charge is 0.135 e. The summed E-state index contributed by atoms with van der Waals surface area (Å²) in [7, 11) is 0. The molecule has 0 atom stereocenters. The maximum absolute atomic E-state index is 5.46. The maximum atomic E-state index is 5.46. The number of aromatic amines is 1. The van der Waals surface area contributed by atoms with Crippen LogP contribution in [0.3, 0.4) is 0 Å². The van der Waals surface area contributed by atoms with Gasteiger partial charge in [-0.15, -0.1) is 6.42 Å². The standard InChI is InChI=1S/C20H15N5/c1-2-14-4-3-5-15(10-14)11-20-21-9-8-19(24-20)23-17-6-7-18-16(12-17)13-22-25-18/h1,3-10,12-13H,11H2,(H,22,25)(H,21,23,24). The summed E-state index contributed by atoms with van der Waals surface area (Å²) < 4.78 is 0. The van der Waals surface area contributed by atoms with E-state index in [2.05, 4.69) is 31.4 Å². The summed E-state index contributed by atoms with van der Waals surface area (Å²) in [5, 5.41) is 11.3. The molecule has 0 saturated heterocycles. The first-order chi connectivity index (χ1) is 12.3. The van der Waals surface area contributed by atoms with E-state index in [1.165, 1.54) is 0 Å². The third-order valence-corrected chi connectivity index (χ3v) is 3.87. The molecule has 0 fully saturated rings. The zero-order valence-electron chi connectivity index (χ0n) is 13.4. The molecule has 0 amide bonds. The molecule has 4 rings (SSSR count). The van der Waals surface area contributed by atoms with E-state index in [9.17, 15) is 0 Å². The highest BCUT2D eigenvalue weighted by molar-refractivity contribution is 5.82. The van der Waals surface area contributed by atoms with Crippen LogP contribution in [-0.2, 0) is 6.42 Å². The molecular weight excluding hydrogens is 310 g/mol. The maximum Gasteiger partial charge on any atom is 0.135 e. The number of aromatic nitrogens is 4. The van der Waals surface area contributed by atoms with Crippen LogP contribution in [0.5, 0.6) is 0 Å². The fourth-order valence-corrected chi connectivity index (χ4v) is 2.68. The number of H-pyrrole nitrogens is 1. The Morgan fingerprint density at radius 1 is 1.12 bits per heavy atom. The molecule has 2 heterocycles. The van der Waals surface area contributed by atoms with Gasteiger partial charge < -0.3 is 5.32 Å². The molecule has 2 aromatic heterocycles. The van der Waals surface area contributed by atoms with Crippen LogP contribution in [0.15, 0.2) is 60.9 Å². The fourth-order valence-electron chi connectivity index (χ4n) is 2.68. The summed E-state index contributed by atoms with van der Waals surface area (Å²) in [6.07, 6.45) is 9.64. The highest BCUT2D eigenvalue weighted by Gasteiger charge is 2.04. The van der Waals surface area contributed by atoms with Gasteiger partial charge in [0.1, 0.15) is 11.6 Å². The number of hydrogen-bond donors (Lipinski definition) is 2. The van der Waals surface area contributed by atoms with E-state index in [-0.39, 0.29) is 0 Å². The molecule has 0 saturated carbocycles. The molecule has 0 aliphatic rings. The first-order valence-corrected chi connectivity index (χ1v) is 7.88. The van der Waals surface area contributed by atoms with Crippen molar-refractivity contribution in [1.82, 2.24) is 20.2 Å². The van der Waals surface area contributed by atoms with Gasteiger partial charge in [0.25, 0.3) is 0 Å². The number of nitrogens with one attached hydrogen (secondary N) is 2. The van der Waals surface area contributed by atoms with Gasteiger partial charge in [-0.1, -0.05) is 18.1 Å². The number of benzene rings is 2. The number of fused-ring (bicyclic) bond motifs is 1. The summed E-state index contributed by atoms with van der Waals surface area (Å²) in [5.41, 5.74) is 3.91. The van der Waals surface area contributed by atoms with Gasteiger partial charge in [0.2, 0.25) is 0 Å². The van der Waals surface area contributed by atoms with Crippen molar-refractivity contribution in [3.63, 3.8) is 0 Å². The van der Waals surface area contributed by atoms with Crippen molar-refractivity contribution >= 4 is 22.4 Å². The van der Waals surface area contributed by atoms with E-state index in [1.807, 2.05) is 48.5 Å². The van der Waals surface area contributed by atoms with Gasteiger partial charge in [0.15, 0.2) is 0 Å². The zero-order valence-corrected chi connectivity index (χ0v) is 13.4. The van der Waals surface area contributed by atoms with Gasteiger partial charge in [-0.05, 0) is 42.0 Å². The minimum atomic E-state index is 0.631. The van der Waals surface area contributed by atoms with Crippen molar-refractivity contribution < 1.29 is 0 Å². The second-order valence-electron chi connectivity index (χ2n) is 5.68. The van der Waals surface area contributed by atoms with Crippen molar-refractivity contribution in [2.75, 3.05) is 5.32 Å². The lowest BCUT2D eigenvalue weighted by Gasteiger charge is -2.07. The number of terminal acetylenes is 1. The summed E-state index contributed by atoms with van der Waals surface area (Å²) in [6, 6.07) is 15.7. The second kappa shape index (κ2) is 6.46. The summed E-state index contributed by atoms with van der Waals surface area (Å²) in [6.45, 7) is 0. The molecule has 0 spiro atoms. The third-order valence-electron chi connectivity index (χ3n) is 3.87. The Labute approximate surface area is 145 Å². The van der Waals surface area contributed by atoms with Crippen molar-refractivity contribution in [1.29, 1.82) is 0 Å². The van der Waals surface area contributed by atoms with Crippen LogP contribution in [0.25, 0.3) is 10.9 Å². The lowest BCUT2D eigenvalue weighted by molar-refractivity contribution is 0.971. The van der Waals surface area contributed by atoms with E-state index in [4.69, 9.17) is 6.42 Å². The Morgan fingerprint density at radius 2 is 2.08 bits per heavy atom. The van der Waals surface area contributed by atoms with Crippen LogP contribution >= 0.6 is 0 Å². The van der Waals surface area contributed by atoms with E-state index < -0.39 is 0 Å². The molecular formula is C20H15N5.